The van der Waals surface area contributed by atoms with Crippen LogP contribution in [0.25, 0.3) is 0 Å². The van der Waals surface area contributed by atoms with E-state index in [1.54, 1.807) is 22.7 Å². The number of rotatable bonds is 7. The average Bonchev–Trinajstić information content (AvgIpc) is 2.94. The van der Waals surface area contributed by atoms with Gasteiger partial charge in [0.15, 0.2) is 0 Å². The lowest BCUT2D eigenvalue weighted by Gasteiger charge is -2.15. The summed E-state index contributed by atoms with van der Waals surface area (Å²) >= 11 is 12.8. The van der Waals surface area contributed by atoms with Gasteiger partial charge in [-0.15, -0.1) is 22.7 Å². The van der Waals surface area contributed by atoms with Gasteiger partial charge in [0.2, 0.25) is 0 Å². The number of likely N-dealkylation sites (N-methyl/N-ethyl adjacent to an activating group) is 1. The Bertz CT molecular complexity index is 512. The minimum atomic E-state index is 0.858. The molecular weight excluding hydrogens is 364 g/mol. The van der Waals surface area contributed by atoms with Crippen molar-refractivity contribution >= 4 is 50.2 Å². The highest BCUT2D eigenvalue weighted by molar-refractivity contribution is 9.11. The van der Waals surface area contributed by atoms with Gasteiger partial charge in [-0.1, -0.05) is 11.6 Å². The summed E-state index contributed by atoms with van der Waals surface area (Å²) in [5.41, 5.74) is 1.37. The van der Waals surface area contributed by atoms with Crippen LogP contribution in [0.15, 0.2) is 27.4 Å². The first-order chi connectivity index (χ1) is 9.13. The van der Waals surface area contributed by atoms with Gasteiger partial charge in [-0.25, -0.2) is 0 Å². The molecule has 6 heteroatoms. The molecule has 0 saturated carbocycles. The summed E-state index contributed by atoms with van der Waals surface area (Å²) in [5.74, 6) is 0. The molecule has 0 atom stereocenters. The van der Waals surface area contributed by atoms with E-state index in [-0.39, 0.29) is 0 Å². The number of hydrogen-bond acceptors (Lipinski definition) is 4. The van der Waals surface area contributed by atoms with E-state index in [1.165, 1.54) is 14.2 Å². The maximum atomic E-state index is 5.90. The molecule has 2 rings (SSSR count). The molecule has 0 unspecified atom stereocenters. The van der Waals surface area contributed by atoms with Gasteiger partial charge in [0.25, 0.3) is 0 Å². The Labute approximate surface area is 135 Å². The van der Waals surface area contributed by atoms with E-state index in [1.807, 2.05) is 6.07 Å². The van der Waals surface area contributed by atoms with Gasteiger partial charge in [-0.05, 0) is 52.1 Å². The van der Waals surface area contributed by atoms with Gasteiger partial charge < -0.3 is 10.2 Å². The van der Waals surface area contributed by atoms with E-state index in [2.05, 4.69) is 50.7 Å². The summed E-state index contributed by atoms with van der Waals surface area (Å²) in [6, 6.07) is 6.21. The lowest BCUT2D eigenvalue weighted by atomic mass is 10.3. The lowest BCUT2D eigenvalue weighted by molar-refractivity contribution is 0.324. The lowest BCUT2D eigenvalue weighted by Crippen LogP contribution is -2.28. The Morgan fingerprint density at radius 2 is 2.26 bits per heavy atom. The summed E-state index contributed by atoms with van der Waals surface area (Å²) in [6.07, 6.45) is 0. The fourth-order valence-corrected chi connectivity index (χ4v) is 4.01. The first kappa shape index (κ1) is 15.5. The quantitative estimate of drug-likeness (QED) is 0.715. The normalized spacial score (nSPS) is 11.4. The van der Waals surface area contributed by atoms with Crippen LogP contribution in [-0.4, -0.2) is 25.0 Å². The molecule has 0 bridgehead atoms. The highest BCUT2D eigenvalue weighted by atomic mass is 79.9. The summed E-state index contributed by atoms with van der Waals surface area (Å²) in [4.78, 5) is 3.61. The van der Waals surface area contributed by atoms with Gasteiger partial charge in [0.1, 0.15) is 0 Å². The smallest absolute Gasteiger partial charge is 0.0931 e. The predicted molar refractivity (Wildman–Crippen MR) is 89.4 cm³/mol. The third-order valence-corrected chi connectivity index (χ3v) is 5.46. The molecule has 0 aliphatic rings. The molecule has 0 fully saturated rings. The molecule has 0 aliphatic carbocycles. The molecule has 0 amide bonds. The number of nitrogens with one attached hydrogen (secondary N) is 1. The monoisotopic (exact) mass is 378 g/mol. The first-order valence-corrected chi connectivity index (χ1v) is 8.86. The minimum absolute atomic E-state index is 0.858. The summed E-state index contributed by atoms with van der Waals surface area (Å²) in [7, 11) is 2.15. The zero-order chi connectivity index (χ0) is 13.7. The van der Waals surface area contributed by atoms with E-state index in [0.29, 0.717) is 0 Å². The van der Waals surface area contributed by atoms with Crippen molar-refractivity contribution in [3.05, 3.63) is 42.1 Å². The van der Waals surface area contributed by atoms with Crippen LogP contribution in [0, 0.1) is 0 Å². The van der Waals surface area contributed by atoms with Crippen LogP contribution in [0.2, 0.25) is 4.34 Å². The number of thiophene rings is 2. The molecule has 1 N–H and O–H groups in total. The van der Waals surface area contributed by atoms with Crippen LogP contribution in [-0.2, 0) is 13.1 Å². The molecule has 104 valence electrons. The molecule has 2 aromatic heterocycles. The van der Waals surface area contributed by atoms with Gasteiger partial charge in [-0.2, -0.15) is 0 Å². The maximum Gasteiger partial charge on any atom is 0.0931 e. The molecule has 19 heavy (non-hydrogen) atoms. The minimum Gasteiger partial charge on any atom is -0.311 e. The molecule has 0 spiro atoms. The van der Waals surface area contributed by atoms with Crippen molar-refractivity contribution in [2.75, 3.05) is 20.1 Å². The Hall–Kier alpha value is 0.0900. The van der Waals surface area contributed by atoms with E-state index >= 15 is 0 Å². The Morgan fingerprint density at radius 3 is 2.89 bits per heavy atom. The summed E-state index contributed by atoms with van der Waals surface area (Å²) in [6.45, 7) is 3.91. The summed E-state index contributed by atoms with van der Waals surface area (Å²) in [5, 5.41) is 5.64. The van der Waals surface area contributed by atoms with Gasteiger partial charge in [0.05, 0.1) is 8.12 Å². The maximum absolute atomic E-state index is 5.90. The molecule has 0 aromatic carbocycles. The van der Waals surface area contributed by atoms with Crippen LogP contribution in [0.1, 0.15) is 10.4 Å². The van der Waals surface area contributed by atoms with E-state index < -0.39 is 0 Å². The highest BCUT2D eigenvalue weighted by Gasteiger charge is 2.03. The molecular formula is C13H16BrClN2S2. The van der Waals surface area contributed by atoms with Crippen molar-refractivity contribution in [2.24, 2.45) is 0 Å². The summed E-state index contributed by atoms with van der Waals surface area (Å²) < 4.78 is 2.06. The van der Waals surface area contributed by atoms with Crippen molar-refractivity contribution < 1.29 is 0 Å². The molecule has 0 saturated heterocycles. The fourth-order valence-electron chi connectivity index (χ4n) is 1.75. The zero-order valence-corrected chi connectivity index (χ0v) is 14.6. The molecule has 0 aliphatic heterocycles. The van der Waals surface area contributed by atoms with Crippen LogP contribution < -0.4 is 5.32 Å². The SMILES string of the molecule is CN(CCNCc1ccc(Cl)s1)Cc1csc(Br)c1. The third kappa shape index (κ3) is 5.53. The van der Waals surface area contributed by atoms with E-state index in [9.17, 15) is 0 Å². The van der Waals surface area contributed by atoms with Gasteiger partial charge in [0, 0.05) is 31.1 Å². The van der Waals surface area contributed by atoms with Crippen LogP contribution >= 0.6 is 50.2 Å². The second-order valence-corrected chi connectivity index (χ2v) is 8.47. The fraction of sp³-hybridized carbons (Fsp3) is 0.385. The van der Waals surface area contributed by atoms with E-state index in [4.69, 9.17) is 11.6 Å². The van der Waals surface area contributed by atoms with Crippen LogP contribution in [0.5, 0.6) is 0 Å². The first-order valence-electron chi connectivity index (χ1n) is 6.00. The number of nitrogens with zero attached hydrogens (tertiary/aromatic N) is 1. The van der Waals surface area contributed by atoms with Crippen molar-refractivity contribution in [1.29, 1.82) is 0 Å². The molecule has 2 nitrogen and oxygen atoms in total. The Kier molecular flexibility index (Phi) is 6.32. The predicted octanol–water partition coefficient (Wildman–Crippen LogP) is 4.45. The average molecular weight is 380 g/mol. The molecule has 2 aromatic rings. The largest absolute Gasteiger partial charge is 0.311 e. The topological polar surface area (TPSA) is 15.3 Å². The van der Waals surface area contributed by atoms with Crippen molar-refractivity contribution in [1.82, 2.24) is 10.2 Å². The van der Waals surface area contributed by atoms with Gasteiger partial charge >= 0.3 is 0 Å². The highest BCUT2D eigenvalue weighted by Crippen LogP contribution is 2.22. The molecule has 2 heterocycles. The van der Waals surface area contributed by atoms with Crippen molar-refractivity contribution in [3.8, 4) is 0 Å². The van der Waals surface area contributed by atoms with Crippen LogP contribution in [0.3, 0.4) is 0 Å². The number of halogens is 2. The van der Waals surface area contributed by atoms with Crippen LogP contribution in [0.4, 0.5) is 0 Å². The van der Waals surface area contributed by atoms with Crippen molar-refractivity contribution in [2.45, 2.75) is 13.1 Å². The Morgan fingerprint density at radius 1 is 1.42 bits per heavy atom. The van der Waals surface area contributed by atoms with Gasteiger partial charge in [-0.3, -0.25) is 0 Å². The number of hydrogen-bond donors (Lipinski definition) is 1. The Balaban J connectivity index is 1.62. The molecule has 0 radical (unpaired) electrons. The second-order valence-electron chi connectivity index (χ2n) is 4.38. The third-order valence-electron chi connectivity index (χ3n) is 2.67. The standard InChI is InChI=1S/C13H16BrClN2S2/c1-17(8-10-6-12(14)18-9-10)5-4-16-7-11-2-3-13(15)19-11/h2-3,6,9,16H,4-5,7-8H2,1H3. The zero-order valence-electron chi connectivity index (χ0n) is 10.7. The van der Waals surface area contributed by atoms with E-state index in [0.717, 1.165) is 30.5 Å². The van der Waals surface area contributed by atoms with Crippen molar-refractivity contribution in [3.63, 3.8) is 0 Å². The second kappa shape index (κ2) is 7.76.